The molecule has 0 bridgehead atoms. The number of nitrogens with one attached hydrogen (secondary N) is 1. The van der Waals surface area contributed by atoms with Crippen LogP contribution < -0.4 is 11.1 Å². The van der Waals surface area contributed by atoms with Gasteiger partial charge in [0.25, 0.3) is 5.91 Å². The minimum Gasteiger partial charge on any atom is -0.326 e. The molecule has 2 aromatic rings. The molecule has 0 saturated heterocycles. The third-order valence-electron chi connectivity index (χ3n) is 2.39. The average Bonchev–Trinajstić information content (AvgIpc) is 2.41. The molecule has 2 rings (SSSR count). The molecule has 92 valence electrons. The zero-order valence-corrected chi connectivity index (χ0v) is 11.1. The standard InChI is InChI=1S/C13H12BrN3O/c14-10-1-3-11(4-2-10)17-13(18)12-7-9(8-15)5-6-16-12/h1-7H,8,15H2,(H,17,18). The molecule has 18 heavy (non-hydrogen) atoms. The molecule has 0 unspecified atom stereocenters. The minimum atomic E-state index is -0.243. The molecule has 1 aromatic carbocycles. The summed E-state index contributed by atoms with van der Waals surface area (Å²) in [5, 5.41) is 2.77. The van der Waals surface area contributed by atoms with Crippen molar-refractivity contribution in [1.29, 1.82) is 0 Å². The number of carbonyl (C=O) groups is 1. The quantitative estimate of drug-likeness (QED) is 0.915. The van der Waals surface area contributed by atoms with Crippen molar-refractivity contribution in [1.82, 2.24) is 4.98 Å². The predicted molar refractivity (Wildman–Crippen MR) is 74.2 cm³/mol. The number of nitrogens with zero attached hydrogens (tertiary/aromatic N) is 1. The van der Waals surface area contributed by atoms with Crippen LogP contribution in [0.15, 0.2) is 47.1 Å². The molecular weight excluding hydrogens is 294 g/mol. The summed E-state index contributed by atoms with van der Waals surface area (Å²) in [6, 6.07) is 10.8. The van der Waals surface area contributed by atoms with E-state index in [2.05, 4.69) is 26.2 Å². The van der Waals surface area contributed by atoms with Gasteiger partial charge in [-0.2, -0.15) is 0 Å². The van der Waals surface area contributed by atoms with Gasteiger partial charge in [-0.15, -0.1) is 0 Å². The van der Waals surface area contributed by atoms with Crippen molar-refractivity contribution in [2.24, 2.45) is 5.73 Å². The number of hydrogen-bond acceptors (Lipinski definition) is 3. The van der Waals surface area contributed by atoms with Gasteiger partial charge in [0.15, 0.2) is 0 Å². The number of pyridine rings is 1. The van der Waals surface area contributed by atoms with E-state index in [4.69, 9.17) is 5.73 Å². The summed E-state index contributed by atoms with van der Waals surface area (Å²) in [4.78, 5) is 16.0. The second-order valence-electron chi connectivity index (χ2n) is 3.71. The summed E-state index contributed by atoms with van der Waals surface area (Å²) >= 11 is 3.34. The fourth-order valence-corrected chi connectivity index (χ4v) is 1.72. The van der Waals surface area contributed by atoms with Gasteiger partial charge in [-0.05, 0) is 42.0 Å². The highest BCUT2D eigenvalue weighted by Gasteiger charge is 2.07. The summed E-state index contributed by atoms with van der Waals surface area (Å²) in [6.07, 6.45) is 1.58. The number of amides is 1. The van der Waals surface area contributed by atoms with Crippen LogP contribution in [0.1, 0.15) is 16.1 Å². The van der Waals surface area contributed by atoms with Crippen molar-refractivity contribution in [2.75, 3.05) is 5.32 Å². The molecule has 3 N–H and O–H groups in total. The van der Waals surface area contributed by atoms with Crippen molar-refractivity contribution >= 4 is 27.5 Å². The molecule has 0 saturated carbocycles. The highest BCUT2D eigenvalue weighted by molar-refractivity contribution is 9.10. The Morgan fingerprint density at radius 3 is 2.67 bits per heavy atom. The van der Waals surface area contributed by atoms with E-state index in [0.717, 1.165) is 15.7 Å². The molecule has 4 nitrogen and oxygen atoms in total. The van der Waals surface area contributed by atoms with Gasteiger partial charge < -0.3 is 11.1 Å². The molecule has 0 fully saturated rings. The van der Waals surface area contributed by atoms with Gasteiger partial charge in [0.1, 0.15) is 5.69 Å². The molecule has 0 spiro atoms. The van der Waals surface area contributed by atoms with E-state index in [1.807, 2.05) is 24.3 Å². The maximum atomic E-state index is 11.9. The first-order chi connectivity index (χ1) is 8.69. The zero-order chi connectivity index (χ0) is 13.0. The third-order valence-corrected chi connectivity index (χ3v) is 2.92. The van der Waals surface area contributed by atoms with Crippen LogP contribution in [-0.2, 0) is 6.54 Å². The molecule has 1 amide bonds. The lowest BCUT2D eigenvalue weighted by molar-refractivity contribution is 0.102. The van der Waals surface area contributed by atoms with Crippen molar-refractivity contribution < 1.29 is 4.79 Å². The lowest BCUT2D eigenvalue weighted by Gasteiger charge is -2.05. The Morgan fingerprint density at radius 2 is 2.00 bits per heavy atom. The molecule has 0 aliphatic carbocycles. The average molecular weight is 306 g/mol. The SMILES string of the molecule is NCc1ccnc(C(=O)Nc2ccc(Br)cc2)c1. The van der Waals surface area contributed by atoms with Gasteiger partial charge in [0.2, 0.25) is 0 Å². The van der Waals surface area contributed by atoms with E-state index in [1.54, 1.807) is 18.3 Å². The Bertz CT molecular complexity index is 554. The first-order valence-corrected chi connectivity index (χ1v) is 6.20. The van der Waals surface area contributed by atoms with Gasteiger partial charge in [-0.3, -0.25) is 9.78 Å². The van der Waals surface area contributed by atoms with Gasteiger partial charge in [-0.25, -0.2) is 0 Å². The van der Waals surface area contributed by atoms with Crippen LogP contribution in [0.4, 0.5) is 5.69 Å². The van der Waals surface area contributed by atoms with Gasteiger partial charge in [0.05, 0.1) is 0 Å². The topological polar surface area (TPSA) is 68.0 Å². The highest BCUT2D eigenvalue weighted by Crippen LogP contribution is 2.14. The fourth-order valence-electron chi connectivity index (χ4n) is 1.45. The van der Waals surface area contributed by atoms with E-state index in [9.17, 15) is 4.79 Å². The molecule has 0 atom stereocenters. The van der Waals surface area contributed by atoms with Gasteiger partial charge >= 0.3 is 0 Å². The molecule has 0 aliphatic rings. The summed E-state index contributed by atoms with van der Waals surface area (Å²) in [7, 11) is 0. The van der Waals surface area contributed by atoms with Crippen LogP contribution in [0.3, 0.4) is 0 Å². The number of anilines is 1. The molecule has 1 aromatic heterocycles. The largest absolute Gasteiger partial charge is 0.326 e. The lowest BCUT2D eigenvalue weighted by Crippen LogP contribution is -2.14. The number of aromatic nitrogens is 1. The van der Waals surface area contributed by atoms with Gasteiger partial charge in [0, 0.05) is 22.9 Å². The molecule has 0 radical (unpaired) electrons. The Labute approximate surface area is 113 Å². The number of nitrogens with two attached hydrogens (primary N) is 1. The number of rotatable bonds is 3. The number of halogens is 1. The van der Waals surface area contributed by atoms with Crippen LogP contribution in [0.25, 0.3) is 0 Å². The number of carbonyl (C=O) groups excluding carboxylic acids is 1. The summed E-state index contributed by atoms with van der Waals surface area (Å²) in [6.45, 7) is 0.390. The Hall–Kier alpha value is -1.72. The molecule has 5 heteroatoms. The Balaban J connectivity index is 2.14. The third kappa shape index (κ3) is 3.15. The van der Waals surface area contributed by atoms with Crippen molar-refractivity contribution in [3.05, 3.63) is 58.3 Å². The van der Waals surface area contributed by atoms with Crippen LogP contribution in [0.2, 0.25) is 0 Å². The van der Waals surface area contributed by atoms with E-state index >= 15 is 0 Å². The minimum absolute atomic E-state index is 0.243. The van der Waals surface area contributed by atoms with Crippen LogP contribution in [0, 0.1) is 0 Å². The van der Waals surface area contributed by atoms with Crippen molar-refractivity contribution in [3.63, 3.8) is 0 Å². The van der Waals surface area contributed by atoms with Crippen LogP contribution >= 0.6 is 15.9 Å². The number of hydrogen-bond donors (Lipinski definition) is 2. The van der Waals surface area contributed by atoms with Gasteiger partial charge in [-0.1, -0.05) is 15.9 Å². The smallest absolute Gasteiger partial charge is 0.274 e. The van der Waals surface area contributed by atoms with E-state index in [1.165, 1.54) is 0 Å². The number of benzene rings is 1. The Morgan fingerprint density at radius 1 is 1.28 bits per heavy atom. The fraction of sp³-hybridized carbons (Fsp3) is 0.0769. The van der Waals surface area contributed by atoms with E-state index in [0.29, 0.717) is 12.2 Å². The second kappa shape index (κ2) is 5.75. The molecule has 1 heterocycles. The van der Waals surface area contributed by atoms with Crippen LogP contribution in [-0.4, -0.2) is 10.9 Å². The maximum Gasteiger partial charge on any atom is 0.274 e. The summed E-state index contributed by atoms with van der Waals surface area (Å²) in [5.74, 6) is -0.243. The highest BCUT2D eigenvalue weighted by atomic mass is 79.9. The molecule has 0 aliphatic heterocycles. The summed E-state index contributed by atoms with van der Waals surface area (Å²) in [5.41, 5.74) is 7.49. The maximum absolute atomic E-state index is 11.9. The first kappa shape index (κ1) is 12.7. The van der Waals surface area contributed by atoms with E-state index in [-0.39, 0.29) is 5.91 Å². The van der Waals surface area contributed by atoms with Crippen molar-refractivity contribution in [2.45, 2.75) is 6.54 Å². The second-order valence-corrected chi connectivity index (χ2v) is 4.63. The lowest BCUT2D eigenvalue weighted by atomic mass is 10.2. The summed E-state index contributed by atoms with van der Waals surface area (Å²) < 4.78 is 0.962. The molecular formula is C13H12BrN3O. The monoisotopic (exact) mass is 305 g/mol. The van der Waals surface area contributed by atoms with Crippen LogP contribution in [0.5, 0.6) is 0 Å². The van der Waals surface area contributed by atoms with E-state index < -0.39 is 0 Å². The zero-order valence-electron chi connectivity index (χ0n) is 9.56. The normalized spacial score (nSPS) is 10.1. The first-order valence-electron chi connectivity index (χ1n) is 5.41. The van der Waals surface area contributed by atoms with Crippen molar-refractivity contribution in [3.8, 4) is 0 Å². The predicted octanol–water partition coefficient (Wildman–Crippen LogP) is 2.56. The Kier molecular flexibility index (Phi) is 4.07.